The highest BCUT2D eigenvalue weighted by Crippen LogP contribution is 2.23. The Kier molecular flexibility index (Phi) is 7.73. The minimum Gasteiger partial charge on any atom is -0.316 e. The fourth-order valence-corrected chi connectivity index (χ4v) is 2.79. The molecule has 0 fully saturated rings. The first-order chi connectivity index (χ1) is 9.21. The average molecular weight is 265 g/mol. The van der Waals surface area contributed by atoms with Gasteiger partial charge >= 0.3 is 0 Å². The molecule has 0 heterocycles. The molecule has 1 aromatic rings. The Labute approximate surface area is 117 Å². The highest BCUT2D eigenvalue weighted by atomic mass is 19.1. The molecule has 2 heteroatoms. The van der Waals surface area contributed by atoms with Crippen molar-refractivity contribution in [2.24, 2.45) is 11.8 Å². The van der Waals surface area contributed by atoms with E-state index in [1.807, 2.05) is 12.1 Å². The van der Waals surface area contributed by atoms with Crippen LogP contribution in [-0.2, 0) is 6.42 Å². The van der Waals surface area contributed by atoms with Gasteiger partial charge in [-0.25, -0.2) is 4.39 Å². The maximum absolute atomic E-state index is 13.3. The number of nitrogens with one attached hydrogen (secondary N) is 1. The van der Waals surface area contributed by atoms with Gasteiger partial charge in [0.1, 0.15) is 5.82 Å². The molecule has 0 saturated heterocycles. The summed E-state index contributed by atoms with van der Waals surface area (Å²) >= 11 is 0. The number of rotatable bonds is 9. The van der Waals surface area contributed by atoms with E-state index in [2.05, 4.69) is 26.1 Å². The van der Waals surface area contributed by atoms with Crippen molar-refractivity contribution in [1.82, 2.24) is 5.32 Å². The van der Waals surface area contributed by atoms with E-state index in [-0.39, 0.29) is 5.82 Å². The number of hydrogen-bond donors (Lipinski definition) is 1. The van der Waals surface area contributed by atoms with Gasteiger partial charge in [0.05, 0.1) is 0 Å². The van der Waals surface area contributed by atoms with Crippen molar-refractivity contribution in [2.75, 3.05) is 13.1 Å². The third-order valence-electron chi connectivity index (χ3n) is 3.94. The van der Waals surface area contributed by atoms with Crippen molar-refractivity contribution in [3.8, 4) is 0 Å². The number of halogens is 1. The van der Waals surface area contributed by atoms with Crippen LogP contribution in [0.15, 0.2) is 24.3 Å². The molecule has 0 saturated carbocycles. The summed E-state index contributed by atoms with van der Waals surface area (Å²) in [6.45, 7) is 8.81. The topological polar surface area (TPSA) is 12.0 Å². The van der Waals surface area contributed by atoms with Crippen LogP contribution in [0.5, 0.6) is 0 Å². The smallest absolute Gasteiger partial charge is 0.123 e. The molecule has 0 aliphatic rings. The Morgan fingerprint density at radius 3 is 2.42 bits per heavy atom. The van der Waals surface area contributed by atoms with Crippen molar-refractivity contribution in [3.05, 3.63) is 35.6 Å². The molecule has 0 bridgehead atoms. The summed E-state index contributed by atoms with van der Waals surface area (Å²) in [5.41, 5.74) is 1.12. The van der Waals surface area contributed by atoms with Crippen LogP contribution in [0.1, 0.15) is 45.6 Å². The van der Waals surface area contributed by atoms with E-state index < -0.39 is 0 Å². The van der Waals surface area contributed by atoms with Crippen LogP contribution in [0.2, 0.25) is 0 Å². The molecule has 0 aliphatic carbocycles. The fraction of sp³-hybridized carbons (Fsp3) is 0.647. The summed E-state index contributed by atoms with van der Waals surface area (Å²) in [6.07, 6.45) is 4.53. The quantitative estimate of drug-likeness (QED) is 0.652. The van der Waals surface area contributed by atoms with Crippen LogP contribution in [0.25, 0.3) is 0 Å². The molecule has 108 valence electrons. The van der Waals surface area contributed by atoms with E-state index in [9.17, 15) is 4.39 Å². The van der Waals surface area contributed by atoms with Crippen LogP contribution in [0.4, 0.5) is 4.39 Å². The Hall–Kier alpha value is -0.890. The largest absolute Gasteiger partial charge is 0.316 e. The number of benzene rings is 1. The Bertz CT molecular complexity index is 347. The van der Waals surface area contributed by atoms with Crippen molar-refractivity contribution in [2.45, 2.75) is 46.5 Å². The van der Waals surface area contributed by atoms with Crippen LogP contribution in [0, 0.1) is 17.7 Å². The first-order valence-electron chi connectivity index (χ1n) is 7.66. The first kappa shape index (κ1) is 16.2. The molecule has 0 amide bonds. The molecule has 1 rings (SSSR count). The van der Waals surface area contributed by atoms with Crippen LogP contribution in [0.3, 0.4) is 0 Å². The van der Waals surface area contributed by atoms with Gasteiger partial charge in [-0.05, 0) is 55.5 Å². The van der Waals surface area contributed by atoms with Crippen molar-refractivity contribution in [3.63, 3.8) is 0 Å². The highest BCUT2D eigenvalue weighted by Gasteiger charge is 2.18. The molecule has 1 aromatic carbocycles. The summed E-state index contributed by atoms with van der Waals surface area (Å²) in [5, 5.41) is 3.53. The van der Waals surface area contributed by atoms with Gasteiger partial charge in [-0.1, -0.05) is 45.7 Å². The molecular weight excluding hydrogens is 237 g/mol. The average Bonchev–Trinajstić information content (AvgIpc) is 2.40. The van der Waals surface area contributed by atoms with Crippen molar-refractivity contribution < 1.29 is 4.39 Å². The van der Waals surface area contributed by atoms with E-state index in [1.54, 1.807) is 6.07 Å². The van der Waals surface area contributed by atoms with E-state index in [1.165, 1.54) is 18.9 Å². The molecule has 1 unspecified atom stereocenters. The van der Waals surface area contributed by atoms with Gasteiger partial charge in [-0.15, -0.1) is 0 Å². The molecule has 1 nitrogen and oxygen atoms in total. The fourth-order valence-electron chi connectivity index (χ4n) is 2.79. The van der Waals surface area contributed by atoms with Crippen molar-refractivity contribution in [1.29, 1.82) is 0 Å². The second-order valence-electron chi connectivity index (χ2n) is 5.37. The third-order valence-corrected chi connectivity index (χ3v) is 3.94. The highest BCUT2D eigenvalue weighted by molar-refractivity contribution is 5.17. The molecule has 0 aliphatic heterocycles. The zero-order chi connectivity index (χ0) is 14.1. The molecule has 0 aromatic heterocycles. The first-order valence-corrected chi connectivity index (χ1v) is 7.66. The molecule has 1 atom stereocenters. The van der Waals surface area contributed by atoms with Gasteiger partial charge < -0.3 is 5.32 Å². The van der Waals surface area contributed by atoms with Crippen LogP contribution in [-0.4, -0.2) is 13.1 Å². The second kappa shape index (κ2) is 9.08. The predicted octanol–water partition coefficient (Wildman–Crippen LogP) is 4.42. The van der Waals surface area contributed by atoms with Gasteiger partial charge in [0.2, 0.25) is 0 Å². The lowest BCUT2D eigenvalue weighted by Crippen LogP contribution is -2.30. The maximum Gasteiger partial charge on any atom is 0.123 e. The standard InChI is InChI=1S/C17H28FN/c1-4-10-19-13-16(15(5-2)6-3)11-14-8-7-9-17(18)12-14/h7-9,12,15-16,19H,4-6,10-11,13H2,1-3H3. The van der Waals surface area contributed by atoms with E-state index in [0.717, 1.165) is 31.5 Å². The zero-order valence-corrected chi connectivity index (χ0v) is 12.6. The normalized spacial score (nSPS) is 12.9. The molecule has 0 radical (unpaired) electrons. The lowest BCUT2D eigenvalue weighted by Gasteiger charge is -2.26. The van der Waals surface area contributed by atoms with E-state index in [0.29, 0.717) is 11.8 Å². The Balaban J connectivity index is 2.66. The SMILES string of the molecule is CCCNCC(Cc1cccc(F)c1)C(CC)CC. The van der Waals surface area contributed by atoms with Gasteiger partial charge in [0.15, 0.2) is 0 Å². The summed E-state index contributed by atoms with van der Waals surface area (Å²) < 4.78 is 13.3. The monoisotopic (exact) mass is 265 g/mol. The van der Waals surface area contributed by atoms with Gasteiger partial charge in [0.25, 0.3) is 0 Å². The van der Waals surface area contributed by atoms with Crippen LogP contribution < -0.4 is 5.32 Å². The predicted molar refractivity (Wildman–Crippen MR) is 80.8 cm³/mol. The van der Waals surface area contributed by atoms with Gasteiger partial charge in [-0.2, -0.15) is 0 Å². The zero-order valence-electron chi connectivity index (χ0n) is 12.6. The van der Waals surface area contributed by atoms with Crippen LogP contribution >= 0.6 is 0 Å². The summed E-state index contributed by atoms with van der Waals surface area (Å²) in [4.78, 5) is 0. The van der Waals surface area contributed by atoms with E-state index >= 15 is 0 Å². The lowest BCUT2D eigenvalue weighted by molar-refractivity contribution is 0.298. The summed E-state index contributed by atoms with van der Waals surface area (Å²) in [5.74, 6) is 1.19. The van der Waals surface area contributed by atoms with E-state index in [4.69, 9.17) is 0 Å². The van der Waals surface area contributed by atoms with Gasteiger partial charge in [-0.3, -0.25) is 0 Å². The lowest BCUT2D eigenvalue weighted by atomic mass is 9.83. The minimum absolute atomic E-state index is 0.123. The molecule has 19 heavy (non-hydrogen) atoms. The van der Waals surface area contributed by atoms with Crippen molar-refractivity contribution >= 4 is 0 Å². The summed E-state index contributed by atoms with van der Waals surface area (Å²) in [6, 6.07) is 7.05. The molecule has 1 N–H and O–H groups in total. The minimum atomic E-state index is -0.123. The number of hydrogen-bond acceptors (Lipinski definition) is 1. The van der Waals surface area contributed by atoms with Gasteiger partial charge in [0, 0.05) is 0 Å². The summed E-state index contributed by atoms with van der Waals surface area (Å²) in [7, 11) is 0. The second-order valence-corrected chi connectivity index (χ2v) is 5.37. The molecular formula is C17H28FN. The Morgan fingerprint density at radius 2 is 1.84 bits per heavy atom. The third kappa shape index (κ3) is 5.73. The molecule has 0 spiro atoms. The Morgan fingerprint density at radius 1 is 1.11 bits per heavy atom. The maximum atomic E-state index is 13.3.